The third-order valence-corrected chi connectivity index (χ3v) is 13.7. The minimum atomic E-state index is -2.67. The molecule has 0 amide bonds. The zero-order chi connectivity index (χ0) is 28.4. The predicted octanol–water partition coefficient (Wildman–Crippen LogP) is 6.48. The molecule has 1 heterocycles. The molecule has 7 nitrogen and oxygen atoms in total. The Morgan fingerprint density at radius 1 is 1.02 bits per heavy atom. The van der Waals surface area contributed by atoms with Gasteiger partial charge in [0.1, 0.15) is 17.9 Å². The molecule has 208 valence electrons. The summed E-state index contributed by atoms with van der Waals surface area (Å²) in [4.78, 5) is 29.4. The van der Waals surface area contributed by atoms with E-state index in [-0.39, 0.29) is 34.8 Å². The monoisotopic (exact) mass is 557 g/mol. The van der Waals surface area contributed by atoms with Gasteiger partial charge in [-0.25, -0.2) is 0 Å². The molecule has 3 aromatic rings. The van der Waals surface area contributed by atoms with Crippen LogP contribution in [0.25, 0.3) is 5.76 Å². The Balaban J connectivity index is 1.48. The van der Waals surface area contributed by atoms with Gasteiger partial charge in [-0.05, 0) is 53.2 Å². The fraction of sp³-hybridized carbons (Fsp3) is 0.406. The van der Waals surface area contributed by atoms with E-state index in [0.29, 0.717) is 36.2 Å². The first kappa shape index (κ1) is 26.7. The van der Waals surface area contributed by atoms with Gasteiger partial charge in [-0.3, -0.25) is 9.59 Å². The summed E-state index contributed by atoms with van der Waals surface area (Å²) in [6.45, 7) is 10.5. The molecule has 1 aromatic heterocycles. The Kier molecular flexibility index (Phi) is 6.20. The van der Waals surface area contributed by atoms with Gasteiger partial charge in [-0.15, -0.1) is 0 Å². The molecule has 0 spiro atoms. The van der Waals surface area contributed by atoms with E-state index in [0.717, 1.165) is 11.1 Å². The van der Waals surface area contributed by atoms with E-state index in [1.165, 1.54) is 0 Å². The molecule has 1 fully saturated rings. The third-order valence-electron chi connectivity index (χ3n) is 9.30. The Hall–Kier alpha value is -3.49. The van der Waals surface area contributed by atoms with Gasteiger partial charge in [0.05, 0.1) is 0 Å². The Morgan fingerprint density at radius 2 is 1.73 bits per heavy atom. The topological polar surface area (TPSA) is 98.9 Å². The van der Waals surface area contributed by atoms with Crippen LogP contribution in [0.1, 0.15) is 60.0 Å². The van der Waals surface area contributed by atoms with E-state index < -0.39 is 31.4 Å². The number of ketones is 2. The number of rotatable bonds is 5. The lowest BCUT2D eigenvalue weighted by molar-refractivity contribution is -0.136. The number of hydrogen-bond donors (Lipinski definition) is 1. The zero-order valence-corrected chi connectivity index (χ0v) is 24.6. The number of aromatic nitrogens is 1. The van der Waals surface area contributed by atoms with Gasteiger partial charge in [0.2, 0.25) is 11.6 Å². The first-order valence-electron chi connectivity index (χ1n) is 13.9. The summed E-state index contributed by atoms with van der Waals surface area (Å²) in [5.41, 5.74) is 1.25. The normalized spacial score (nSPS) is 24.2. The van der Waals surface area contributed by atoms with Crippen LogP contribution in [0.2, 0.25) is 18.1 Å². The van der Waals surface area contributed by atoms with E-state index in [4.69, 9.17) is 13.7 Å². The number of Topliss-reactive ketones (excluding diaryl/α,β-unsaturated/α-hetero) is 2. The zero-order valence-electron chi connectivity index (χ0n) is 23.6. The van der Waals surface area contributed by atoms with Crippen LogP contribution in [0.15, 0.2) is 64.7 Å². The molecule has 2 unspecified atom stereocenters. The molecule has 8 heteroatoms. The van der Waals surface area contributed by atoms with Crippen molar-refractivity contribution in [3.63, 3.8) is 0 Å². The minimum absolute atomic E-state index is 0.0435. The highest BCUT2D eigenvalue weighted by molar-refractivity contribution is 6.74. The second-order valence-corrected chi connectivity index (χ2v) is 17.5. The SMILES string of the molecule is CC(C)(C)[Si](C)(C)OC12C(=O)C3=C(O)c4ccccc4C[C@H]3CC1Cc1onc(OCc3ccccc3)c1C2=O. The second kappa shape index (κ2) is 9.28. The maximum atomic E-state index is 14.7. The van der Waals surface area contributed by atoms with Crippen molar-refractivity contribution >= 4 is 25.6 Å². The predicted molar refractivity (Wildman–Crippen MR) is 153 cm³/mol. The van der Waals surface area contributed by atoms with Crippen LogP contribution in [0, 0.1) is 11.8 Å². The van der Waals surface area contributed by atoms with Gasteiger partial charge in [-0.2, -0.15) is 0 Å². The maximum Gasteiger partial charge on any atom is 0.265 e. The average Bonchev–Trinajstić information content (AvgIpc) is 3.31. The van der Waals surface area contributed by atoms with Gasteiger partial charge in [-0.1, -0.05) is 75.4 Å². The summed E-state index contributed by atoms with van der Waals surface area (Å²) >= 11 is 0. The number of nitrogens with zero attached hydrogens (tertiary/aromatic N) is 1. The summed E-state index contributed by atoms with van der Waals surface area (Å²) in [6, 6.07) is 17.2. The average molecular weight is 558 g/mol. The number of aliphatic hydroxyl groups is 1. The minimum Gasteiger partial charge on any atom is -0.507 e. The lowest BCUT2D eigenvalue weighted by Gasteiger charge is -2.52. The van der Waals surface area contributed by atoms with Gasteiger partial charge < -0.3 is 18.8 Å². The highest BCUT2D eigenvalue weighted by Gasteiger charge is 2.65. The fourth-order valence-corrected chi connectivity index (χ4v) is 7.64. The van der Waals surface area contributed by atoms with Gasteiger partial charge in [0, 0.05) is 23.5 Å². The molecule has 3 aliphatic carbocycles. The number of aliphatic hydroxyl groups excluding tert-OH is 1. The first-order valence-corrected chi connectivity index (χ1v) is 16.8. The van der Waals surface area contributed by atoms with E-state index in [2.05, 4.69) is 25.9 Å². The Bertz CT molecular complexity index is 1530. The number of ether oxygens (including phenoxy) is 1. The van der Waals surface area contributed by atoms with Crippen molar-refractivity contribution in [2.75, 3.05) is 0 Å². The summed E-state index contributed by atoms with van der Waals surface area (Å²) in [7, 11) is -2.67. The van der Waals surface area contributed by atoms with Gasteiger partial charge in [0.15, 0.2) is 19.7 Å². The van der Waals surface area contributed by atoms with Crippen molar-refractivity contribution in [2.45, 2.75) is 70.4 Å². The molecule has 1 N–H and O–H groups in total. The molecule has 2 aromatic carbocycles. The fourth-order valence-electron chi connectivity index (χ4n) is 6.18. The molecular formula is C32H35NO6Si. The van der Waals surface area contributed by atoms with Crippen molar-refractivity contribution in [1.82, 2.24) is 5.16 Å². The molecule has 3 aliphatic rings. The van der Waals surface area contributed by atoms with Crippen LogP contribution < -0.4 is 4.74 Å². The Labute approximate surface area is 235 Å². The van der Waals surface area contributed by atoms with Gasteiger partial charge in [0.25, 0.3) is 5.88 Å². The number of benzene rings is 2. The number of carbonyl (C=O) groups is 2. The van der Waals surface area contributed by atoms with Crippen molar-refractivity contribution in [3.05, 3.63) is 88.2 Å². The summed E-state index contributed by atoms with van der Waals surface area (Å²) in [5.74, 6) is -1.12. The molecule has 3 atom stereocenters. The molecule has 0 radical (unpaired) electrons. The van der Waals surface area contributed by atoms with Crippen molar-refractivity contribution in [1.29, 1.82) is 0 Å². The van der Waals surface area contributed by atoms with Crippen LogP contribution in [0.5, 0.6) is 5.88 Å². The third kappa shape index (κ3) is 3.99. The van der Waals surface area contributed by atoms with Crippen LogP contribution in [-0.4, -0.2) is 35.7 Å². The standard InChI is InChI=1S/C32H35NO6Si/c1-31(2,3)40(4,5)39-32-22(16-21-15-20-13-9-10-14-23(20)27(34)25(21)28(32)35)17-24-26(29(32)36)30(33-38-24)37-18-19-11-7-6-8-12-19/h6-14,21-22,34H,15-18H2,1-5H3/t21-,22?,32?/m0/s1. The lowest BCUT2D eigenvalue weighted by atomic mass is 9.59. The summed E-state index contributed by atoms with van der Waals surface area (Å²) < 4.78 is 18.6. The highest BCUT2D eigenvalue weighted by atomic mass is 28.4. The quantitative estimate of drug-likeness (QED) is 0.283. The van der Waals surface area contributed by atoms with Crippen molar-refractivity contribution in [2.24, 2.45) is 11.8 Å². The van der Waals surface area contributed by atoms with E-state index in [1.807, 2.05) is 67.7 Å². The molecule has 0 saturated heterocycles. The van der Waals surface area contributed by atoms with Gasteiger partial charge >= 0.3 is 0 Å². The second-order valence-electron chi connectivity index (χ2n) is 12.8. The van der Waals surface area contributed by atoms with E-state index in [9.17, 15) is 14.7 Å². The van der Waals surface area contributed by atoms with Crippen molar-refractivity contribution in [3.8, 4) is 5.88 Å². The molecule has 0 bridgehead atoms. The molecule has 0 aliphatic heterocycles. The first-order chi connectivity index (χ1) is 18.9. The number of fused-ring (bicyclic) bond motifs is 4. The summed E-state index contributed by atoms with van der Waals surface area (Å²) in [5, 5.41) is 15.3. The maximum absolute atomic E-state index is 14.7. The largest absolute Gasteiger partial charge is 0.507 e. The summed E-state index contributed by atoms with van der Waals surface area (Å²) in [6.07, 6.45) is 1.46. The highest BCUT2D eigenvalue weighted by Crippen LogP contribution is 2.54. The Morgan fingerprint density at radius 3 is 2.45 bits per heavy atom. The molecular weight excluding hydrogens is 522 g/mol. The van der Waals surface area contributed by atoms with Crippen LogP contribution in [0.3, 0.4) is 0 Å². The lowest BCUT2D eigenvalue weighted by Crippen LogP contribution is -2.66. The molecule has 6 rings (SSSR count). The van der Waals surface area contributed by atoms with Crippen LogP contribution in [0.4, 0.5) is 0 Å². The smallest absolute Gasteiger partial charge is 0.265 e. The number of hydrogen-bond acceptors (Lipinski definition) is 7. The van der Waals surface area contributed by atoms with E-state index >= 15 is 0 Å². The number of carbonyl (C=O) groups excluding carboxylic acids is 2. The molecule has 40 heavy (non-hydrogen) atoms. The molecule has 1 saturated carbocycles. The van der Waals surface area contributed by atoms with Crippen LogP contribution in [-0.2, 0) is 28.7 Å². The van der Waals surface area contributed by atoms with Crippen LogP contribution >= 0.6 is 0 Å². The van der Waals surface area contributed by atoms with E-state index in [1.54, 1.807) is 0 Å². The van der Waals surface area contributed by atoms with Crippen molar-refractivity contribution < 1.29 is 28.4 Å².